The number of hydrogen-bond acceptors (Lipinski definition) is 2. The van der Waals surface area contributed by atoms with Crippen molar-refractivity contribution in [2.75, 3.05) is 0 Å². The molecule has 2 rings (SSSR count). The molecule has 0 aromatic carbocycles. The molecule has 2 nitrogen and oxygen atoms in total. The van der Waals surface area contributed by atoms with Gasteiger partial charge in [0.1, 0.15) is 0 Å². The monoisotopic (exact) mass is 294 g/mol. The molecule has 0 saturated heterocycles. The molecule has 0 heterocycles. The quantitative estimate of drug-likeness (QED) is 0.762. The van der Waals surface area contributed by atoms with Gasteiger partial charge in [0, 0.05) is 0 Å². The lowest BCUT2D eigenvalue weighted by atomic mass is 9.44. The minimum atomic E-state index is -0.902. The van der Waals surface area contributed by atoms with Crippen LogP contribution in [0, 0.1) is 22.7 Å². The Morgan fingerprint density at radius 2 is 1.81 bits per heavy atom. The molecule has 21 heavy (non-hydrogen) atoms. The van der Waals surface area contributed by atoms with Crippen molar-refractivity contribution in [3.05, 3.63) is 12.7 Å². The van der Waals surface area contributed by atoms with E-state index in [-0.39, 0.29) is 11.3 Å². The van der Waals surface area contributed by atoms with Crippen molar-refractivity contribution in [2.24, 2.45) is 22.7 Å². The van der Waals surface area contributed by atoms with Crippen LogP contribution in [0.2, 0.25) is 0 Å². The Kier molecular flexibility index (Phi) is 4.13. The van der Waals surface area contributed by atoms with E-state index in [2.05, 4.69) is 27.4 Å². The number of rotatable bonds is 3. The molecular weight excluding hydrogens is 260 g/mol. The molecule has 2 aliphatic carbocycles. The molecule has 0 unspecified atom stereocenters. The van der Waals surface area contributed by atoms with Crippen molar-refractivity contribution in [1.29, 1.82) is 0 Å². The molecule has 5 atom stereocenters. The summed E-state index contributed by atoms with van der Waals surface area (Å²) in [6.07, 6.45) is 7.84. The zero-order chi connectivity index (χ0) is 16.1. The van der Waals surface area contributed by atoms with E-state index in [1.165, 1.54) is 12.8 Å². The minimum absolute atomic E-state index is 0.108. The lowest BCUT2D eigenvalue weighted by molar-refractivity contribution is -0.180. The van der Waals surface area contributed by atoms with E-state index in [1.54, 1.807) is 6.08 Å². The normalized spacial score (nSPS) is 45.5. The summed E-state index contributed by atoms with van der Waals surface area (Å²) in [6.45, 7) is 14.7. The van der Waals surface area contributed by atoms with E-state index in [0.29, 0.717) is 17.8 Å². The van der Waals surface area contributed by atoms with Crippen LogP contribution in [-0.2, 0) is 0 Å². The van der Waals surface area contributed by atoms with Crippen molar-refractivity contribution in [3.63, 3.8) is 0 Å². The largest absolute Gasteiger partial charge is 0.390 e. The van der Waals surface area contributed by atoms with E-state index in [9.17, 15) is 10.2 Å². The fourth-order valence-corrected chi connectivity index (χ4v) is 5.57. The van der Waals surface area contributed by atoms with Gasteiger partial charge in [-0.05, 0) is 68.6 Å². The summed E-state index contributed by atoms with van der Waals surface area (Å²) in [4.78, 5) is 0. The van der Waals surface area contributed by atoms with Crippen molar-refractivity contribution >= 4 is 0 Å². The van der Waals surface area contributed by atoms with Gasteiger partial charge in [0.25, 0.3) is 0 Å². The van der Waals surface area contributed by atoms with Crippen LogP contribution in [0.5, 0.6) is 0 Å². The predicted octanol–water partition coefficient (Wildman–Crippen LogP) is 4.31. The zero-order valence-corrected chi connectivity index (χ0v) is 14.6. The molecule has 0 amide bonds. The molecule has 2 N–H and O–H groups in total. The predicted molar refractivity (Wildman–Crippen MR) is 88.0 cm³/mol. The van der Waals surface area contributed by atoms with Gasteiger partial charge in [0.2, 0.25) is 0 Å². The molecule has 2 saturated carbocycles. The number of fused-ring (bicyclic) bond motifs is 1. The topological polar surface area (TPSA) is 40.5 Å². The molecule has 0 aliphatic heterocycles. The van der Waals surface area contributed by atoms with Crippen LogP contribution in [0.4, 0.5) is 0 Å². The smallest absolute Gasteiger partial charge is 0.0801 e. The molecule has 0 aromatic rings. The highest BCUT2D eigenvalue weighted by Crippen LogP contribution is 2.63. The lowest BCUT2D eigenvalue weighted by Gasteiger charge is -2.62. The first-order valence-electron chi connectivity index (χ1n) is 8.53. The van der Waals surface area contributed by atoms with Crippen molar-refractivity contribution < 1.29 is 10.2 Å². The summed E-state index contributed by atoms with van der Waals surface area (Å²) in [5.74, 6) is 0.751. The summed E-state index contributed by atoms with van der Waals surface area (Å²) >= 11 is 0. The van der Waals surface area contributed by atoms with Crippen LogP contribution in [0.3, 0.4) is 0 Å². The molecule has 0 aromatic heterocycles. The van der Waals surface area contributed by atoms with Gasteiger partial charge in [-0.1, -0.05) is 33.3 Å². The Balaban J connectivity index is 2.39. The van der Waals surface area contributed by atoms with Crippen molar-refractivity contribution in [3.8, 4) is 0 Å². The van der Waals surface area contributed by atoms with E-state index in [1.807, 2.05) is 13.8 Å². The number of hydrogen-bond donors (Lipinski definition) is 2. The second-order valence-electron chi connectivity index (χ2n) is 9.11. The first kappa shape index (κ1) is 17.0. The fraction of sp³-hybridized carbons (Fsp3) is 0.895. The fourth-order valence-electron chi connectivity index (χ4n) is 5.57. The molecule has 0 spiro atoms. The van der Waals surface area contributed by atoms with Gasteiger partial charge in [-0.3, -0.25) is 0 Å². The maximum atomic E-state index is 11.0. The third-order valence-corrected chi connectivity index (χ3v) is 6.82. The average molecular weight is 294 g/mol. The Bertz CT molecular complexity index is 408. The minimum Gasteiger partial charge on any atom is -0.390 e. The summed E-state index contributed by atoms with van der Waals surface area (Å²) < 4.78 is 0. The van der Waals surface area contributed by atoms with Gasteiger partial charge in [-0.25, -0.2) is 0 Å². The van der Waals surface area contributed by atoms with Gasteiger partial charge < -0.3 is 10.2 Å². The summed E-state index contributed by atoms with van der Waals surface area (Å²) in [7, 11) is 0. The molecule has 122 valence electrons. The van der Waals surface area contributed by atoms with E-state index >= 15 is 0 Å². The summed E-state index contributed by atoms with van der Waals surface area (Å²) in [6, 6.07) is 0. The second-order valence-corrected chi connectivity index (χ2v) is 9.11. The van der Waals surface area contributed by atoms with Crippen LogP contribution in [0.1, 0.15) is 73.1 Å². The number of aliphatic hydroxyl groups is 2. The average Bonchev–Trinajstić information content (AvgIpc) is 2.33. The molecule has 2 aliphatic rings. The highest BCUT2D eigenvalue weighted by Gasteiger charge is 2.58. The molecular formula is C19H34O2. The lowest BCUT2D eigenvalue weighted by Crippen LogP contribution is -2.58. The summed E-state index contributed by atoms with van der Waals surface area (Å²) in [5, 5.41) is 21.5. The highest BCUT2D eigenvalue weighted by atomic mass is 16.3. The van der Waals surface area contributed by atoms with E-state index in [4.69, 9.17) is 0 Å². The van der Waals surface area contributed by atoms with Crippen LogP contribution in [0.25, 0.3) is 0 Å². The van der Waals surface area contributed by atoms with Crippen LogP contribution >= 0.6 is 0 Å². The first-order valence-corrected chi connectivity index (χ1v) is 8.53. The van der Waals surface area contributed by atoms with Crippen molar-refractivity contribution in [2.45, 2.75) is 84.3 Å². The van der Waals surface area contributed by atoms with Crippen LogP contribution in [-0.4, -0.2) is 21.4 Å². The third kappa shape index (κ3) is 2.94. The highest BCUT2D eigenvalue weighted by molar-refractivity contribution is 5.10. The van der Waals surface area contributed by atoms with E-state index < -0.39 is 11.2 Å². The summed E-state index contributed by atoms with van der Waals surface area (Å²) in [5.41, 5.74) is -1.15. The van der Waals surface area contributed by atoms with Gasteiger partial charge >= 0.3 is 0 Å². The Morgan fingerprint density at radius 1 is 1.19 bits per heavy atom. The van der Waals surface area contributed by atoms with Gasteiger partial charge in [0.15, 0.2) is 0 Å². The third-order valence-electron chi connectivity index (χ3n) is 6.82. The Labute approximate surface area is 130 Å². The molecule has 2 heteroatoms. The second kappa shape index (κ2) is 5.09. The van der Waals surface area contributed by atoms with Gasteiger partial charge in [0.05, 0.1) is 11.2 Å². The van der Waals surface area contributed by atoms with Crippen molar-refractivity contribution in [1.82, 2.24) is 0 Å². The zero-order valence-electron chi connectivity index (χ0n) is 14.6. The maximum absolute atomic E-state index is 11.0. The van der Waals surface area contributed by atoms with Crippen LogP contribution < -0.4 is 0 Å². The SMILES string of the molecule is C=C[C@](C)(O)C[C@@H]1[C@]2(C)CCCC(C)(C)[C@@H]2CC[C@@]1(C)O. The molecule has 0 radical (unpaired) electrons. The Hall–Kier alpha value is -0.340. The van der Waals surface area contributed by atoms with Crippen LogP contribution in [0.15, 0.2) is 12.7 Å². The maximum Gasteiger partial charge on any atom is 0.0801 e. The standard InChI is InChI=1S/C19H34O2/c1-7-17(4,20)13-15-18(5)11-8-10-16(2,3)14(18)9-12-19(15,6)21/h7,14-15,20-21H,1,8-13H2,2-6H3/t14-,15+,17-,18+,19+/m0/s1. The first-order chi connectivity index (χ1) is 9.45. The molecule has 0 bridgehead atoms. The van der Waals surface area contributed by atoms with Gasteiger partial charge in [-0.15, -0.1) is 6.58 Å². The van der Waals surface area contributed by atoms with Gasteiger partial charge in [-0.2, -0.15) is 0 Å². The Morgan fingerprint density at radius 3 is 2.38 bits per heavy atom. The van der Waals surface area contributed by atoms with E-state index in [0.717, 1.165) is 19.3 Å². The molecule has 2 fully saturated rings.